The summed E-state index contributed by atoms with van der Waals surface area (Å²) in [5, 5.41) is 2.50. The zero-order chi connectivity index (χ0) is 12.1. The molecule has 86 valence electrons. The molecule has 17 heavy (non-hydrogen) atoms. The fourth-order valence-electron chi connectivity index (χ4n) is 1.33. The van der Waals surface area contributed by atoms with Crippen molar-refractivity contribution in [3.63, 3.8) is 0 Å². The van der Waals surface area contributed by atoms with E-state index in [1.165, 1.54) is 18.2 Å². The maximum absolute atomic E-state index is 12.8. The molecule has 0 fully saturated rings. The molecule has 0 atom stereocenters. The highest BCUT2D eigenvalue weighted by Gasteiger charge is 2.05. The molecule has 0 aromatic carbocycles. The number of carbonyl (C=O) groups excluding carboxylic acids is 1. The van der Waals surface area contributed by atoms with Crippen LogP contribution in [0.5, 0.6) is 0 Å². The third kappa shape index (κ3) is 3.34. The molecule has 5 heteroatoms. The van der Waals surface area contributed by atoms with E-state index in [0.29, 0.717) is 5.69 Å². The Labute approximate surface area is 97.5 Å². The van der Waals surface area contributed by atoms with E-state index in [0.717, 1.165) is 0 Å². The predicted molar refractivity (Wildman–Crippen MR) is 60.8 cm³/mol. The number of hydrogen-bond donors (Lipinski definition) is 1. The largest absolute Gasteiger partial charge is 0.310 e. The molecule has 2 rings (SSSR count). The van der Waals surface area contributed by atoms with Gasteiger partial charge in [-0.25, -0.2) is 4.98 Å². The summed E-state index contributed by atoms with van der Waals surface area (Å²) in [6, 6.07) is 9.55. The Morgan fingerprint density at radius 1 is 1.24 bits per heavy atom. The molecule has 0 saturated heterocycles. The first-order valence-corrected chi connectivity index (χ1v) is 5.06. The zero-order valence-electron chi connectivity index (χ0n) is 8.93. The lowest BCUT2D eigenvalue weighted by atomic mass is 10.2. The van der Waals surface area contributed by atoms with Gasteiger partial charge in [0.15, 0.2) is 0 Å². The van der Waals surface area contributed by atoms with Crippen LogP contribution < -0.4 is 5.32 Å². The lowest BCUT2D eigenvalue weighted by molar-refractivity contribution is -0.115. The summed E-state index contributed by atoms with van der Waals surface area (Å²) < 4.78 is 12.8. The van der Waals surface area contributed by atoms with E-state index < -0.39 is 5.95 Å². The van der Waals surface area contributed by atoms with Crippen molar-refractivity contribution in [2.75, 3.05) is 5.32 Å². The first-order chi connectivity index (χ1) is 8.24. The quantitative estimate of drug-likeness (QED) is 0.819. The van der Waals surface area contributed by atoms with E-state index in [1.54, 1.807) is 24.4 Å². The molecule has 1 amide bonds. The molecule has 0 bridgehead atoms. The van der Waals surface area contributed by atoms with Gasteiger partial charge in [-0.15, -0.1) is 0 Å². The van der Waals surface area contributed by atoms with Gasteiger partial charge in [0.25, 0.3) is 0 Å². The van der Waals surface area contributed by atoms with Crippen LogP contribution in [0.25, 0.3) is 0 Å². The highest BCUT2D eigenvalue weighted by Crippen LogP contribution is 2.04. The van der Waals surface area contributed by atoms with Crippen molar-refractivity contribution >= 4 is 11.7 Å². The molecule has 0 aliphatic carbocycles. The van der Waals surface area contributed by atoms with Gasteiger partial charge in [-0.3, -0.25) is 9.78 Å². The summed E-state index contributed by atoms with van der Waals surface area (Å²) in [6.07, 6.45) is 1.75. The van der Waals surface area contributed by atoms with Gasteiger partial charge in [0.2, 0.25) is 11.9 Å². The molecule has 2 aromatic rings. The summed E-state index contributed by atoms with van der Waals surface area (Å²) >= 11 is 0. The minimum atomic E-state index is -0.624. The highest BCUT2D eigenvalue weighted by molar-refractivity contribution is 5.91. The number of halogens is 1. The molecule has 0 aliphatic heterocycles. The van der Waals surface area contributed by atoms with Crippen LogP contribution in [0.2, 0.25) is 0 Å². The zero-order valence-corrected chi connectivity index (χ0v) is 8.93. The number of amides is 1. The lowest BCUT2D eigenvalue weighted by Gasteiger charge is -2.03. The van der Waals surface area contributed by atoms with Gasteiger partial charge in [0.1, 0.15) is 5.82 Å². The first-order valence-electron chi connectivity index (χ1n) is 5.06. The number of anilines is 1. The monoisotopic (exact) mass is 231 g/mol. The predicted octanol–water partition coefficient (Wildman–Crippen LogP) is 1.80. The van der Waals surface area contributed by atoms with Gasteiger partial charge in [-0.1, -0.05) is 12.1 Å². The number of pyridine rings is 2. The van der Waals surface area contributed by atoms with Gasteiger partial charge < -0.3 is 5.32 Å². The number of rotatable bonds is 3. The molecule has 2 heterocycles. The van der Waals surface area contributed by atoms with Crippen molar-refractivity contribution in [1.29, 1.82) is 0 Å². The van der Waals surface area contributed by atoms with Gasteiger partial charge in [-0.05, 0) is 24.3 Å². The number of nitrogens with zero attached hydrogens (tertiary/aromatic N) is 2. The number of carbonyl (C=O) groups is 1. The summed E-state index contributed by atoms with van der Waals surface area (Å²) in [5.74, 6) is -0.701. The number of aromatic nitrogens is 2. The molecular weight excluding hydrogens is 221 g/mol. The Kier molecular flexibility index (Phi) is 3.40. The summed E-state index contributed by atoms with van der Waals surface area (Å²) in [5.41, 5.74) is 0.654. The van der Waals surface area contributed by atoms with E-state index in [9.17, 15) is 9.18 Å². The Bertz CT molecular complexity index is 516. The van der Waals surface area contributed by atoms with E-state index in [2.05, 4.69) is 15.3 Å². The first kappa shape index (κ1) is 11.2. The van der Waals surface area contributed by atoms with Crippen LogP contribution in [0.1, 0.15) is 5.69 Å². The van der Waals surface area contributed by atoms with Gasteiger partial charge in [0, 0.05) is 11.9 Å². The van der Waals surface area contributed by atoms with Crippen molar-refractivity contribution in [1.82, 2.24) is 9.97 Å². The van der Waals surface area contributed by atoms with Crippen molar-refractivity contribution in [3.05, 3.63) is 54.2 Å². The third-order valence-corrected chi connectivity index (χ3v) is 2.05. The van der Waals surface area contributed by atoms with Crippen LogP contribution in [-0.4, -0.2) is 15.9 Å². The summed E-state index contributed by atoms with van der Waals surface area (Å²) in [7, 11) is 0. The summed E-state index contributed by atoms with van der Waals surface area (Å²) in [6.45, 7) is 0. The van der Waals surface area contributed by atoms with Crippen molar-refractivity contribution < 1.29 is 9.18 Å². The number of nitrogens with one attached hydrogen (secondary N) is 1. The molecule has 0 unspecified atom stereocenters. The van der Waals surface area contributed by atoms with Crippen LogP contribution >= 0.6 is 0 Å². The van der Waals surface area contributed by atoms with Gasteiger partial charge >= 0.3 is 0 Å². The second-order valence-electron chi connectivity index (χ2n) is 3.39. The van der Waals surface area contributed by atoms with Gasteiger partial charge in [0.05, 0.1) is 6.42 Å². The number of hydrogen-bond acceptors (Lipinski definition) is 3. The average molecular weight is 231 g/mol. The standard InChI is InChI=1S/C12H10FN3O/c13-10-5-3-6-11(15-10)16-12(17)8-9-4-1-2-7-14-9/h1-7H,8H2,(H,15,16,17). The fourth-order valence-corrected chi connectivity index (χ4v) is 1.33. The van der Waals surface area contributed by atoms with Crippen LogP contribution in [0.15, 0.2) is 42.6 Å². The molecular formula is C12H10FN3O. The van der Waals surface area contributed by atoms with Crippen LogP contribution in [0.3, 0.4) is 0 Å². The normalized spacial score (nSPS) is 9.94. The molecule has 2 aromatic heterocycles. The maximum atomic E-state index is 12.8. The smallest absolute Gasteiger partial charge is 0.231 e. The lowest BCUT2D eigenvalue weighted by Crippen LogP contribution is -2.16. The molecule has 1 N–H and O–H groups in total. The molecule has 0 aliphatic rings. The molecule has 0 radical (unpaired) electrons. The van der Waals surface area contributed by atoms with Gasteiger partial charge in [-0.2, -0.15) is 4.39 Å². The van der Waals surface area contributed by atoms with Crippen LogP contribution in [0, 0.1) is 5.95 Å². The second kappa shape index (κ2) is 5.16. The molecule has 0 spiro atoms. The minimum Gasteiger partial charge on any atom is -0.310 e. The van der Waals surface area contributed by atoms with E-state index in [4.69, 9.17) is 0 Å². The van der Waals surface area contributed by atoms with E-state index in [1.807, 2.05) is 0 Å². The minimum absolute atomic E-state index is 0.138. The van der Waals surface area contributed by atoms with E-state index in [-0.39, 0.29) is 18.1 Å². The fraction of sp³-hybridized carbons (Fsp3) is 0.0833. The van der Waals surface area contributed by atoms with Crippen molar-refractivity contribution in [3.8, 4) is 0 Å². The average Bonchev–Trinajstić information content (AvgIpc) is 2.30. The molecule has 0 saturated carbocycles. The topological polar surface area (TPSA) is 54.9 Å². The Balaban J connectivity index is 1.98. The second-order valence-corrected chi connectivity index (χ2v) is 3.39. The highest BCUT2D eigenvalue weighted by atomic mass is 19.1. The Morgan fingerprint density at radius 3 is 2.82 bits per heavy atom. The maximum Gasteiger partial charge on any atom is 0.231 e. The summed E-state index contributed by atoms with van der Waals surface area (Å²) in [4.78, 5) is 19.1. The SMILES string of the molecule is O=C(Cc1ccccn1)Nc1cccc(F)n1. The van der Waals surface area contributed by atoms with Crippen molar-refractivity contribution in [2.24, 2.45) is 0 Å². The Morgan fingerprint density at radius 2 is 2.12 bits per heavy atom. The van der Waals surface area contributed by atoms with Crippen LogP contribution in [0.4, 0.5) is 10.2 Å². The van der Waals surface area contributed by atoms with Crippen LogP contribution in [-0.2, 0) is 11.2 Å². The third-order valence-electron chi connectivity index (χ3n) is 2.05. The molecule has 4 nitrogen and oxygen atoms in total. The van der Waals surface area contributed by atoms with E-state index >= 15 is 0 Å². The van der Waals surface area contributed by atoms with Crippen molar-refractivity contribution in [2.45, 2.75) is 6.42 Å². The Hall–Kier alpha value is -2.30.